The molecule has 146 valence electrons. The molecule has 4 rings (SSSR count). The number of hydrogen-bond acceptors (Lipinski definition) is 5. The van der Waals surface area contributed by atoms with Gasteiger partial charge in [-0.15, -0.1) is 0 Å². The van der Waals surface area contributed by atoms with Crippen LogP contribution in [0.3, 0.4) is 0 Å². The Balaban J connectivity index is 1.49. The van der Waals surface area contributed by atoms with Gasteiger partial charge in [-0.2, -0.15) is 13.2 Å². The summed E-state index contributed by atoms with van der Waals surface area (Å²) in [6.45, 7) is 1.73. The molecule has 1 aromatic carbocycles. The molecule has 1 unspecified atom stereocenters. The van der Waals surface area contributed by atoms with Gasteiger partial charge in [0.2, 0.25) is 5.88 Å². The summed E-state index contributed by atoms with van der Waals surface area (Å²) in [5.41, 5.74) is 1.24. The monoisotopic (exact) mass is 389 g/mol. The summed E-state index contributed by atoms with van der Waals surface area (Å²) in [5.74, 6) is 0.532. The van der Waals surface area contributed by atoms with Crippen LogP contribution in [0.25, 0.3) is 10.9 Å². The summed E-state index contributed by atoms with van der Waals surface area (Å²) in [6.07, 6.45) is -0.374. The van der Waals surface area contributed by atoms with Crippen molar-refractivity contribution in [2.45, 2.75) is 25.2 Å². The van der Waals surface area contributed by atoms with E-state index in [1.165, 1.54) is 12.3 Å². The van der Waals surface area contributed by atoms with E-state index in [1.807, 2.05) is 12.1 Å². The Labute approximate surface area is 159 Å². The lowest BCUT2D eigenvalue weighted by atomic mass is 10.1. The van der Waals surface area contributed by atoms with Gasteiger partial charge in [-0.25, -0.2) is 4.98 Å². The largest absolute Gasteiger partial charge is 0.472 e. The Morgan fingerprint density at radius 3 is 2.75 bits per heavy atom. The number of ether oxygens (including phenoxy) is 2. The third-order valence-electron chi connectivity index (χ3n) is 4.53. The zero-order valence-corrected chi connectivity index (χ0v) is 14.9. The first-order valence-corrected chi connectivity index (χ1v) is 8.88. The van der Waals surface area contributed by atoms with Gasteiger partial charge < -0.3 is 14.8 Å². The Bertz CT molecular complexity index is 972. The smallest absolute Gasteiger partial charge is 0.416 e. The molecule has 5 nitrogen and oxygen atoms in total. The number of aromatic nitrogens is 2. The summed E-state index contributed by atoms with van der Waals surface area (Å²) in [5, 5.41) is 3.88. The Morgan fingerprint density at radius 1 is 1.11 bits per heavy atom. The van der Waals surface area contributed by atoms with E-state index in [0.717, 1.165) is 24.1 Å². The van der Waals surface area contributed by atoms with Crippen molar-refractivity contribution in [1.82, 2.24) is 9.97 Å². The lowest BCUT2D eigenvalue weighted by Gasteiger charge is -2.13. The standard InChI is InChI=1S/C20H18F3N3O2/c21-20(22,23)14-1-2-16-17(4-7-24-18(16)10-14)26-11-13-3-6-25-19(9-13)28-15-5-8-27-12-15/h1-4,6-7,9-10,15H,5,8,11-12H2,(H,24,26). The van der Waals surface area contributed by atoms with E-state index >= 15 is 0 Å². The molecule has 0 radical (unpaired) electrons. The van der Waals surface area contributed by atoms with E-state index in [9.17, 15) is 13.2 Å². The summed E-state index contributed by atoms with van der Waals surface area (Å²) < 4.78 is 49.8. The molecule has 0 saturated carbocycles. The van der Waals surface area contributed by atoms with E-state index in [1.54, 1.807) is 12.3 Å². The van der Waals surface area contributed by atoms with Gasteiger partial charge in [0, 0.05) is 42.5 Å². The highest BCUT2D eigenvalue weighted by molar-refractivity contribution is 5.91. The van der Waals surface area contributed by atoms with Crippen LogP contribution in [-0.4, -0.2) is 29.3 Å². The summed E-state index contributed by atoms with van der Waals surface area (Å²) in [4.78, 5) is 8.28. The number of hydrogen-bond donors (Lipinski definition) is 1. The molecule has 0 spiro atoms. The SMILES string of the molecule is FC(F)(F)c1ccc2c(NCc3ccnc(OC4CCOC4)c3)ccnc2c1. The third-order valence-corrected chi connectivity index (χ3v) is 4.53. The number of nitrogens with zero attached hydrogens (tertiary/aromatic N) is 2. The van der Waals surface area contributed by atoms with Crippen molar-refractivity contribution >= 4 is 16.6 Å². The van der Waals surface area contributed by atoms with Gasteiger partial charge in [-0.1, -0.05) is 6.07 Å². The average Bonchev–Trinajstić information content (AvgIpc) is 3.18. The van der Waals surface area contributed by atoms with Crippen LogP contribution >= 0.6 is 0 Å². The molecule has 1 fully saturated rings. The normalized spacial score (nSPS) is 17.0. The maximum absolute atomic E-state index is 12.9. The molecular weight excluding hydrogens is 371 g/mol. The van der Waals surface area contributed by atoms with Gasteiger partial charge in [0.1, 0.15) is 6.10 Å². The molecule has 0 aliphatic carbocycles. The van der Waals surface area contributed by atoms with E-state index < -0.39 is 11.7 Å². The van der Waals surface area contributed by atoms with Crippen LogP contribution in [-0.2, 0) is 17.5 Å². The molecule has 0 bridgehead atoms. The minimum atomic E-state index is -4.39. The predicted molar refractivity (Wildman–Crippen MR) is 98.2 cm³/mol. The molecule has 1 aliphatic rings. The highest BCUT2D eigenvalue weighted by Crippen LogP contribution is 2.32. The number of halogens is 3. The van der Waals surface area contributed by atoms with Crippen LogP contribution in [0.15, 0.2) is 48.8 Å². The van der Waals surface area contributed by atoms with Crippen LogP contribution in [0.1, 0.15) is 17.5 Å². The molecule has 1 N–H and O–H groups in total. The van der Waals surface area contributed by atoms with Crippen molar-refractivity contribution in [3.63, 3.8) is 0 Å². The molecule has 28 heavy (non-hydrogen) atoms. The fraction of sp³-hybridized carbons (Fsp3) is 0.300. The first-order chi connectivity index (χ1) is 13.5. The van der Waals surface area contributed by atoms with Gasteiger partial charge in [-0.05, 0) is 29.8 Å². The first-order valence-electron chi connectivity index (χ1n) is 8.88. The quantitative estimate of drug-likeness (QED) is 0.700. The summed E-state index contributed by atoms with van der Waals surface area (Å²) in [6, 6.07) is 9.01. The predicted octanol–water partition coefficient (Wildman–Crippen LogP) is 4.43. The van der Waals surface area contributed by atoms with Gasteiger partial charge in [0.15, 0.2) is 0 Å². The van der Waals surface area contributed by atoms with E-state index in [2.05, 4.69) is 15.3 Å². The van der Waals surface area contributed by atoms with Crippen molar-refractivity contribution in [1.29, 1.82) is 0 Å². The average molecular weight is 389 g/mol. The van der Waals surface area contributed by atoms with Gasteiger partial charge >= 0.3 is 6.18 Å². The van der Waals surface area contributed by atoms with Crippen molar-refractivity contribution in [2.75, 3.05) is 18.5 Å². The minimum absolute atomic E-state index is 0.0164. The third kappa shape index (κ3) is 4.17. The maximum atomic E-state index is 12.9. The fourth-order valence-electron chi connectivity index (χ4n) is 3.08. The summed E-state index contributed by atoms with van der Waals surface area (Å²) in [7, 11) is 0. The van der Waals surface area contributed by atoms with Crippen LogP contribution in [0, 0.1) is 0 Å². The molecule has 1 aliphatic heterocycles. The number of nitrogens with one attached hydrogen (secondary N) is 1. The molecule has 3 aromatic rings. The lowest BCUT2D eigenvalue weighted by molar-refractivity contribution is -0.137. The first kappa shape index (κ1) is 18.5. The maximum Gasteiger partial charge on any atom is 0.416 e. The van der Waals surface area contributed by atoms with Crippen LogP contribution in [0.5, 0.6) is 5.88 Å². The second-order valence-electron chi connectivity index (χ2n) is 6.55. The van der Waals surface area contributed by atoms with Crippen LogP contribution in [0.2, 0.25) is 0 Å². The van der Waals surface area contributed by atoms with Gasteiger partial charge in [0.05, 0.1) is 24.3 Å². The lowest BCUT2D eigenvalue weighted by Crippen LogP contribution is -2.16. The molecule has 2 aromatic heterocycles. The van der Waals surface area contributed by atoms with Crippen molar-refractivity contribution < 1.29 is 22.6 Å². The number of benzene rings is 1. The van der Waals surface area contributed by atoms with Crippen LogP contribution in [0.4, 0.5) is 18.9 Å². The number of anilines is 1. The highest BCUT2D eigenvalue weighted by atomic mass is 19.4. The van der Waals surface area contributed by atoms with Crippen molar-refractivity contribution in [3.05, 3.63) is 59.9 Å². The van der Waals surface area contributed by atoms with E-state index in [0.29, 0.717) is 42.2 Å². The molecule has 0 amide bonds. The zero-order valence-electron chi connectivity index (χ0n) is 14.9. The Morgan fingerprint density at radius 2 is 1.96 bits per heavy atom. The highest BCUT2D eigenvalue weighted by Gasteiger charge is 2.30. The molecule has 8 heteroatoms. The number of alkyl halides is 3. The minimum Gasteiger partial charge on any atom is -0.472 e. The van der Waals surface area contributed by atoms with Gasteiger partial charge in [-0.3, -0.25) is 4.98 Å². The molecule has 1 atom stereocenters. The second-order valence-corrected chi connectivity index (χ2v) is 6.55. The Kier molecular flexibility index (Phi) is 5.04. The molecule has 3 heterocycles. The number of pyridine rings is 2. The van der Waals surface area contributed by atoms with Crippen LogP contribution < -0.4 is 10.1 Å². The topological polar surface area (TPSA) is 56.3 Å². The number of fused-ring (bicyclic) bond motifs is 1. The van der Waals surface area contributed by atoms with Gasteiger partial charge in [0.25, 0.3) is 0 Å². The van der Waals surface area contributed by atoms with Crippen molar-refractivity contribution in [2.24, 2.45) is 0 Å². The van der Waals surface area contributed by atoms with E-state index in [-0.39, 0.29) is 6.10 Å². The van der Waals surface area contributed by atoms with Crippen molar-refractivity contribution in [3.8, 4) is 5.88 Å². The van der Waals surface area contributed by atoms with E-state index in [4.69, 9.17) is 9.47 Å². The molecule has 1 saturated heterocycles. The fourth-order valence-corrected chi connectivity index (χ4v) is 3.08. The zero-order chi connectivity index (χ0) is 19.6. The Hall–Kier alpha value is -2.87. The number of rotatable bonds is 5. The second kappa shape index (κ2) is 7.63. The molecular formula is C20H18F3N3O2. The summed E-state index contributed by atoms with van der Waals surface area (Å²) >= 11 is 0.